The first kappa shape index (κ1) is 62.8. The second-order valence-electron chi connectivity index (χ2n) is 27.6. The van der Waals surface area contributed by atoms with E-state index in [1.807, 2.05) is 28.7 Å². The van der Waals surface area contributed by atoms with Crippen LogP contribution in [0.2, 0.25) is 0 Å². The molecule has 16 aromatic carbocycles. The second-order valence-corrected chi connectivity index (χ2v) is 29.7. The van der Waals surface area contributed by atoms with Crippen LogP contribution in [0, 0.1) is 0 Å². The summed E-state index contributed by atoms with van der Waals surface area (Å²) in [6.07, 6.45) is 0. The van der Waals surface area contributed by atoms with Crippen molar-refractivity contribution in [3.63, 3.8) is 0 Å². The van der Waals surface area contributed by atoms with Gasteiger partial charge >= 0.3 is 0 Å². The molecule has 0 amide bonds. The molecule has 0 N–H and O–H groups in total. The Hall–Kier alpha value is -13.8. The van der Waals surface area contributed by atoms with Gasteiger partial charge in [-0.2, -0.15) is 0 Å². The van der Waals surface area contributed by atoms with Gasteiger partial charge < -0.3 is 0 Å². The molecule has 502 valence electrons. The van der Waals surface area contributed by atoms with Gasteiger partial charge in [-0.3, -0.25) is 0 Å². The fourth-order valence-corrected chi connectivity index (χ4v) is 18.3. The monoisotopic (exact) mass is 1410 g/mol. The Kier molecular flexibility index (Phi) is 15.2. The topological polar surface area (TPSA) is 77.3 Å². The van der Waals surface area contributed by atoms with E-state index in [0.717, 1.165) is 95.3 Å². The van der Waals surface area contributed by atoms with Crippen molar-refractivity contribution in [1.29, 1.82) is 0 Å². The average Bonchev–Trinajstić information content (AvgIpc) is 1.66. The first-order chi connectivity index (χ1) is 53.5. The van der Waals surface area contributed by atoms with Crippen LogP contribution in [0.15, 0.2) is 364 Å². The summed E-state index contributed by atoms with van der Waals surface area (Å²) in [5.41, 5.74) is 18.1. The van der Waals surface area contributed by atoms with Crippen molar-refractivity contribution in [2.24, 2.45) is 0 Å². The van der Waals surface area contributed by atoms with Crippen LogP contribution in [-0.2, 0) is 0 Å². The minimum atomic E-state index is 0.684. The molecule has 108 heavy (non-hydrogen) atoms. The predicted molar refractivity (Wildman–Crippen MR) is 457 cm³/mol. The Bertz CT molecular complexity index is 7370. The molecule has 22 aromatic rings. The lowest BCUT2D eigenvalue weighted by molar-refractivity contribution is 1.18. The molecule has 0 radical (unpaired) electrons. The third-order valence-electron chi connectivity index (χ3n) is 21.1. The highest BCUT2D eigenvalue weighted by Gasteiger charge is 2.22. The third kappa shape index (κ3) is 11.1. The summed E-state index contributed by atoms with van der Waals surface area (Å²) in [6, 6.07) is 129. The highest BCUT2D eigenvalue weighted by atomic mass is 32.1. The molecular formula is C100H60N6S2. The molecule has 0 aliphatic heterocycles. The standard InChI is InChI=1S/C55H33N3S.C45H27N3S/c1-2-12-39-31-41(30-21-34(39)11-1)50-33-49(36-24-26-37(27-25-36)53-52-46-18-8-10-20-51(46)59-54(52)45-17-7-9-19-48(45)56-53)57-55(58-50)38-28-22-35(23-29-38)47-32-40-13-3-4-14-42(40)43-15-5-6-16-44(43)47;1-2-12-29(13-3-1)39-27-40(31-23-24-35-30(25-31)22-21-28-11-4-5-16-34(28)35)48-45(47-39)33-15-10-14-32(26-33)43-42-37-18-7-9-20-41(37)49-44(42)36-17-6-8-19-38(36)46-43/h1-33H;1-27H. The molecule has 0 bridgehead atoms. The summed E-state index contributed by atoms with van der Waals surface area (Å²) in [5.74, 6) is 1.37. The van der Waals surface area contributed by atoms with E-state index in [9.17, 15) is 0 Å². The van der Waals surface area contributed by atoms with Crippen molar-refractivity contribution >= 4 is 139 Å². The van der Waals surface area contributed by atoms with E-state index in [-0.39, 0.29) is 0 Å². The zero-order chi connectivity index (χ0) is 71.2. The number of aromatic nitrogens is 6. The number of benzene rings is 16. The molecule has 0 atom stereocenters. The van der Waals surface area contributed by atoms with Crippen molar-refractivity contribution in [2.45, 2.75) is 0 Å². The largest absolute Gasteiger partial charge is 0.247 e. The Labute approximate surface area is 629 Å². The van der Waals surface area contributed by atoms with E-state index in [0.29, 0.717) is 11.6 Å². The van der Waals surface area contributed by atoms with Gasteiger partial charge in [-0.1, -0.05) is 303 Å². The fraction of sp³-hybridized carbons (Fsp3) is 0. The smallest absolute Gasteiger partial charge is 0.160 e. The van der Waals surface area contributed by atoms with Crippen molar-refractivity contribution in [3.05, 3.63) is 364 Å². The van der Waals surface area contributed by atoms with Crippen LogP contribution in [0.5, 0.6) is 0 Å². The second kappa shape index (κ2) is 26.1. The van der Waals surface area contributed by atoms with Gasteiger partial charge in [-0.15, -0.1) is 22.7 Å². The number of hydrogen-bond acceptors (Lipinski definition) is 8. The third-order valence-corrected chi connectivity index (χ3v) is 23.5. The van der Waals surface area contributed by atoms with Gasteiger partial charge in [0.2, 0.25) is 0 Å². The molecule has 0 aliphatic rings. The summed E-state index contributed by atoms with van der Waals surface area (Å²) in [6.45, 7) is 0. The first-order valence-corrected chi connectivity index (χ1v) is 38.0. The van der Waals surface area contributed by atoms with Gasteiger partial charge in [0.05, 0.1) is 45.2 Å². The summed E-state index contributed by atoms with van der Waals surface area (Å²) in [7, 11) is 0. The molecular weight excluding hydrogens is 1350 g/mol. The van der Waals surface area contributed by atoms with Gasteiger partial charge in [0.25, 0.3) is 0 Å². The van der Waals surface area contributed by atoms with E-state index < -0.39 is 0 Å². The lowest BCUT2D eigenvalue weighted by atomic mass is 9.93. The normalized spacial score (nSPS) is 11.7. The van der Waals surface area contributed by atoms with Crippen LogP contribution in [0.3, 0.4) is 0 Å². The Morgan fingerprint density at radius 1 is 0.185 bits per heavy atom. The Balaban J connectivity index is 0.000000140. The van der Waals surface area contributed by atoms with E-state index in [1.54, 1.807) is 0 Å². The summed E-state index contributed by atoms with van der Waals surface area (Å²) < 4.78 is 5.07. The Morgan fingerprint density at radius 3 is 1.22 bits per heavy atom. The number of fused-ring (bicyclic) bond motifs is 17. The highest BCUT2D eigenvalue weighted by molar-refractivity contribution is 7.27. The SMILES string of the molecule is c1ccc(-c2cc(-c3ccc4c(ccc5ccccc54)c3)nc(-c3cccc(-c4nc5ccccc5c5sc6ccccc6c45)c3)n2)cc1.c1ccc2cc(-c3cc(-c4ccc(-c5nc6ccccc6c6sc7ccccc7c56)cc4)nc(-c4ccc(-c5cc6ccccc6c6ccccc56)cc4)n3)ccc2c1. The van der Waals surface area contributed by atoms with Gasteiger partial charge in [-0.05, 0) is 126 Å². The van der Waals surface area contributed by atoms with Crippen LogP contribution >= 0.6 is 22.7 Å². The van der Waals surface area contributed by atoms with Crippen molar-refractivity contribution in [3.8, 4) is 101 Å². The number of rotatable bonds is 9. The zero-order valence-electron chi connectivity index (χ0n) is 58.1. The number of hydrogen-bond donors (Lipinski definition) is 0. The molecule has 0 saturated heterocycles. The first-order valence-electron chi connectivity index (χ1n) is 36.4. The van der Waals surface area contributed by atoms with Crippen LogP contribution in [0.1, 0.15) is 0 Å². The number of pyridine rings is 2. The molecule has 0 fully saturated rings. The maximum absolute atomic E-state index is 5.28. The lowest BCUT2D eigenvalue weighted by Gasteiger charge is -2.13. The molecule has 6 nitrogen and oxygen atoms in total. The van der Waals surface area contributed by atoms with Crippen LogP contribution in [0.25, 0.3) is 217 Å². The van der Waals surface area contributed by atoms with E-state index >= 15 is 0 Å². The van der Waals surface area contributed by atoms with Crippen molar-refractivity contribution in [1.82, 2.24) is 29.9 Å². The summed E-state index contributed by atoms with van der Waals surface area (Å²) in [5, 5.41) is 19.6. The summed E-state index contributed by atoms with van der Waals surface area (Å²) >= 11 is 3.68. The molecule has 0 unspecified atom stereocenters. The maximum atomic E-state index is 5.28. The number of para-hydroxylation sites is 2. The fourth-order valence-electron chi connectivity index (χ4n) is 15.8. The van der Waals surface area contributed by atoms with Crippen LogP contribution in [-0.4, -0.2) is 29.9 Å². The van der Waals surface area contributed by atoms with Crippen molar-refractivity contribution in [2.75, 3.05) is 0 Å². The molecule has 6 aromatic heterocycles. The lowest BCUT2D eigenvalue weighted by Crippen LogP contribution is -1.96. The van der Waals surface area contributed by atoms with E-state index in [2.05, 4.69) is 358 Å². The summed E-state index contributed by atoms with van der Waals surface area (Å²) in [4.78, 5) is 31.4. The minimum absolute atomic E-state index is 0.684. The molecule has 6 heterocycles. The van der Waals surface area contributed by atoms with Crippen LogP contribution in [0.4, 0.5) is 0 Å². The van der Waals surface area contributed by atoms with E-state index in [4.69, 9.17) is 29.9 Å². The number of nitrogens with zero attached hydrogens (tertiary/aromatic N) is 6. The predicted octanol–water partition coefficient (Wildman–Crippen LogP) is 27.6. The molecule has 0 spiro atoms. The molecule has 0 saturated carbocycles. The minimum Gasteiger partial charge on any atom is -0.247 e. The van der Waals surface area contributed by atoms with Gasteiger partial charge in [0.15, 0.2) is 11.6 Å². The molecule has 0 aliphatic carbocycles. The van der Waals surface area contributed by atoms with Crippen molar-refractivity contribution < 1.29 is 0 Å². The highest BCUT2D eigenvalue weighted by Crippen LogP contribution is 2.46. The van der Waals surface area contributed by atoms with Gasteiger partial charge in [0.1, 0.15) is 0 Å². The maximum Gasteiger partial charge on any atom is 0.160 e. The van der Waals surface area contributed by atoms with Gasteiger partial charge in [-0.25, -0.2) is 29.9 Å². The molecule has 8 heteroatoms. The quantitative estimate of drug-likeness (QED) is 0.134. The molecule has 22 rings (SSSR count). The zero-order valence-corrected chi connectivity index (χ0v) is 59.8. The van der Waals surface area contributed by atoms with Gasteiger partial charge in [0, 0.05) is 95.6 Å². The van der Waals surface area contributed by atoms with E-state index in [1.165, 1.54) is 111 Å². The Morgan fingerprint density at radius 2 is 0.574 bits per heavy atom. The average molecular weight is 1410 g/mol. The van der Waals surface area contributed by atoms with Crippen LogP contribution < -0.4 is 0 Å². The number of thiophene rings is 2.